The van der Waals surface area contributed by atoms with Crippen molar-refractivity contribution in [2.45, 2.75) is 0 Å². The fraction of sp³-hybridized carbons (Fsp3) is 0.100. The van der Waals surface area contributed by atoms with Gasteiger partial charge in [0.05, 0.1) is 27.5 Å². The van der Waals surface area contributed by atoms with Crippen molar-refractivity contribution in [1.82, 2.24) is 9.97 Å². The molecule has 140 valence electrons. The summed E-state index contributed by atoms with van der Waals surface area (Å²) in [5.41, 5.74) is 1.75. The Morgan fingerprint density at radius 1 is 1.00 bits per heavy atom. The number of nitrogens with one attached hydrogen (secondary N) is 1. The third-order valence-electron chi connectivity index (χ3n) is 4.54. The number of aromatic nitrogens is 2. The number of nitrogens with zero attached hydrogens (tertiary/aromatic N) is 2. The van der Waals surface area contributed by atoms with E-state index in [1.165, 1.54) is 22.7 Å². The monoisotopic (exact) mass is 425 g/mol. The van der Waals surface area contributed by atoms with Crippen molar-refractivity contribution >= 4 is 71.1 Å². The molecule has 2 aromatic heterocycles. The predicted molar refractivity (Wildman–Crippen MR) is 120 cm³/mol. The van der Waals surface area contributed by atoms with E-state index >= 15 is 0 Å². The van der Waals surface area contributed by atoms with Crippen LogP contribution in [0.2, 0.25) is 0 Å². The van der Waals surface area contributed by atoms with Crippen molar-refractivity contribution < 1.29 is 9.30 Å². The molecule has 1 unspecified atom stereocenters. The lowest BCUT2D eigenvalue weighted by molar-refractivity contribution is 0.415. The summed E-state index contributed by atoms with van der Waals surface area (Å²) in [4.78, 5) is 9.30. The SMILES string of the molecule is COc1ccc2nc(NP(C)(=O)c3nc4c(ccc5ccccc54)s3)sc2c1. The molecule has 0 spiro atoms. The molecular weight excluding hydrogens is 409 g/mol. The number of methoxy groups -OCH3 is 1. The number of rotatable bonds is 4. The van der Waals surface area contributed by atoms with Gasteiger partial charge >= 0.3 is 0 Å². The van der Waals surface area contributed by atoms with Crippen LogP contribution in [-0.2, 0) is 4.57 Å². The van der Waals surface area contributed by atoms with Crippen LogP contribution in [0.1, 0.15) is 0 Å². The van der Waals surface area contributed by atoms with Crippen molar-refractivity contribution in [3.63, 3.8) is 0 Å². The third-order valence-corrected chi connectivity index (χ3v) is 9.24. The van der Waals surface area contributed by atoms with E-state index in [1.54, 1.807) is 13.8 Å². The summed E-state index contributed by atoms with van der Waals surface area (Å²) < 4.78 is 21.4. The van der Waals surface area contributed by atoms with E-state index in [1.807, 2.05) is 36.4 Å². The summed E-state index contributed by atoms with van der Waals surface area (Å²) in [7, 11) is -1.28. The lowest BCUT2D eigenvalue weighted by Gasteiger charge is -2.10. The van der Waals surface area contributed by atoms with Gasteiger partial charge in [0, 0.05) is 12.1 Å². The largest absolute Gasteiger partial charge is 0.497 e. The van der Waals surface area contributed by atoms with E-state index in [0.29, 0.717) is 9.88 Å². The molecule has 5 rings (SSSR count). The molecule has 8 heteroatoms. The Balaban J connectivity index is 1.54. The molecule has 5 aromatic rings. The smallest absolute Gasteiger partial charge is 0.224 e. The Labute approximate surface area is 169 Å². The first-order valence-electron chi connectivity index (χ1n) is 8.63. The lowest BCUT2D eigenvalue weighted by Crippen LogP contribution is -2.09. The molecule has 1 N–H and O–H groups in total. The van der Waals surface area contributed by atoms with Gasteiger partial charge in [0.1, 0.15) is 5.75 Å². The Bertz CT molecular complexity index is 1390. The third kappa shape index (κ3) is 2.96. The number of thiazole rings is 2. The van der Waals surface area contributed by atoms with Crippen LogP contribution in [0.3, 0.4) is 0 Å². The van der Waals surface area contributed by atoms with Gasteiger partial charge in [-0.05, 0) is 29.7 Å². The van der Waals surface area contributed by atoms with E-state index in [0.717, 1.165) is 37.0 Å². The van der Waals surface area contributed by atoms with Crippen LogP contribution in [0.5, 0.6) is 5.75 Å². The zero-order valence-electron chi connectivity index (χ0n) is 15.2. The van der Waals surface area contributed by atoms with Gasteiger partial charge in [-0.25, -0.2) is 9.97 Å². The van der Waals surface area contributed by atoms with E-state index < -0.39 is 7.29 Å². The highest BCUT2D eigenvalue weighted by atomic mass is 32.1. The summed E-state index contributed by atoms with van der Waals surface area (Å²) in [5, 5.41) is 5.97. The topological polar surface area (TPSA) is 64.1 Å². The van der Waals surface area contributed by atoms with Crippen molar-refractivity contribution in [1.29, 1.82) is 0 Å². The number of benzene rings is 3. The van der Waals surface area contributed by atoms with Gasteiger partial charge in [-0.15, -0.1) is 11.3 Å². The molecule has 0 saturated heterocycles. The van der Waals surface area contributed by atoms with Gasteiger partial charge in [0.15, 0.2) is 9.88 Å². The molecule has 3 aromatic carbocycles. The van der Waals surface area contributed by atoms with Crippen LogP contribution < -0.4 is 14.6 Å². The van der Waals surface area contributed by atoms with Crippen LogP contribution in [0.4, 0.5) is 5.13 Å². The molecule has 0 aliphatic heterocycles. The highest BCUT2D eigenvalue weighted by Crippen LogP contribution is 2.45. The second-order valence-corrected chi connectivity index (χ2v) is 11.4. The molecule has 2 heterocycles. The standard InChI is InChI=1S/C20H16N3O2PS2/c1-25-13-8-9-15-17(11-13)27-19(21-15)23-26(2,24)20-22-18-14-6-4-3-5-12(14)7-10-16(18)28-20/h3-11H,1-2H3,(H,21,23,24). The quantitative estimate of drug-likeness (QED) is 0.374. The van der Waals surface area contributed by atoms with Gasteiger partial charge in [0.25, 0.3) is 0 Å². The first kappa shape index (κ1) is 17.6. The summed E-state index contributed by atoms with van der Waals surface area (Å²) >= 11 is 2.93. The van der Waals surface area contributed by atoms with Crippen LogP contribution in [0.15, 0.2) is 54.6 Å². The first-order chi connectivity index (χ1) is 13.5. The maximum atomic E-state index is 13.5. The van der Waals surface area contributed by atoms with Crippen molar-refractivity contribution in [2.24, 2.45) is 0 Å². The molecule has 0 aliphatic rings. The molecule has 0 fully saturated rings. The zero-order valence-corrected chi connectivity index (χ0v) is 17.7. The minimum Gasteiger partial charge on any atom is -0.497 e. The average Bonchev–Trinajstić information content (AvgIpc) is 3.31. The van der Waals surface area contributed by atoms with E-state index in [2.05, 4.69) is 28.3 Å². The first-order valence-corrected chi connectivity index (χ1v) is 12.4. The average molecular weight is 425 g/mol. The molecule has 0 aliphatic carbocycles. The van der Waals surface area contributed by atoms with Gasteiger partial charge in [-0.3, -0.25) is 4.57 Å². The molecule has 0 saturated carbocycles. The predicted octanol–water partition coefficient (Wildman–Crippen LogP) is 5.71. The minimum absolute atomic E-state index is 0.607. The number of hydrogen-bond acceptors (Lipinski definition) is 6. The maximum Gasteiger partial charge on any atom is 0.224 e. The van der Waals surface area contributed by atoms with Crippen LogP contribution in [0.25, 0.3) is 31.2 Å². The number of anilines is 1. The van der Waals surface area contributed by atoms with Gasteiger partial charge in [-0.2, -0.15) is 0 Å². The van der Waals surface area contributed by atoms with Crippen molar-refractivity contribution in [3.8, 4) is 5.75 Å². The number of fused-ring (bicyclic) bond motifs is 4. The number of hydrogen-bond donors (Lipinski definition) is 1. The molecule has 0 bridgehead atoms. The summed E-state index contributed by atoms with van der Waals surface area (Å²) in [6.45, 7) is 1.71. The molecule has 0 radical (unpaired) electrons. The Morgan fingerprint density at radius 2 is 1.86 bits per heavy atom. The van der Waals surface area contributed by atoms with Crippen LogP contribution in [-0.4, -0.2) is 23.7 Å². The lowest BCUT2D eigenvalue weighted by atomic mass is 10.1. The molecule has 0 amide bonds. The highest BCUT2D eigenvalue weighted by Gasteiger charge is 2.25. The van der Waals surface area contributed by atoms with Gasteiger partial charge in [0.2, 0.25) is 7.29 Å². The molecular formula is C20H16N3O2PS2. The molecule has 28 heavy (non-hydrogen) atoms. The fourth-order valence-electron chi connectivity index (χ4n) is 3.14. The molecule has 1 atom stereocenters. The van der Waals surface area contributed by atoms with Gasteiger partial charge < -0.3 is 9.82 Å². The maximum absolute atomic E-state index is 13.5. The Morgan fingerprint density at radius 3 is 2.71 bits per heavy atom. The van der Waals surface area contributed by atoms with Crippen LogP contribution in [0, 0.1) is 0 Å². The second-order valence-electron chi connectivity index (χ2n) is 6.52. The summed E-state index contributed by atoms with van der Waals surface area (Å²) in [5.74, 6) is 0.778. The number of ether oxygens (including phenoxy) is 1. The zero-order chi connectivity index (χ0) is 19.3. The van der Waals surface area contributed by atoms with Crippen molar-refractivity contribution in [2.75, 3.05) is 18.9 Å². The highest BCUT2D eigenvalue weighted by molar-refractivity contribution is 7.77. The van der Waals surface area contributed by atoms with E-state index in [4.69, 9.17) is 9.72 Å². The summed E-state index contributed by atoms with van der Waals surface area (Å²) in [6.07, 6.45) is 0. The Kier molecular flexibility index (Phi) is 4.12. The fourth-order valence-corrected chi connectivity index (χ4v) is 7.25. The summed E-state index contributed by atoms with van der Waals surface area (Å²) in [6, 6.07) is 18.0. The van der Waals surface area contributed by atoms with E-state index in [-0.39, 0.29) is 0 Å². The molecule has 5 nitrogen and oxygen atoms in total. The van der Waals surface area contributed by atoms with Gasteiger partial charge in [-0.1, -0.05) is 41.7 Å². The van der Waals surface area contributed by atoms with Crippen molar-refractivity contribution in [3.05, 3.63) is 54.6 Å². The minimum atomic E-state index is -2.92. The second kappa shape index (κ2) is 6.55. The van der Waals surface area contributed by atoms with E-state index in [9.17, 15) is 4.57 Å². The Hall–Kier alpha value is -2.47. The normalized spacial score (nSPS) is 13.8. The van der Waals surface area contributed by atoms with Crippen LogP contribution >= 0.6 is 30.0 Å².